The number of nitrogens with zero attached hydrogens (tertiary/aromatic N) is 2. The van der Waals surface area contributed by atoms with Gasteiger partial charge in [0.05, 0.1) is 23.9 Å². The normalized spacial score (nSPS) is 10.6. The number of carbonyl (C=O) groups is 4. The molecule has 0 aliphatic rings. The molecule has 14 heteroatoms. The van der Waals surface area contributed by atoms with Crippen LogP contribution in [0.25, 0.3) is 11.1 Å². The first-order chi connectivity index (χ1) is 21.2. The van der Waals surface area contributed by atoms with Crippen molar-refractivity contribution < 1.29 is 19.2 Å². The summed E-state index contributed by atoms with van der Waals surface area (Å²) in [5.74, 6) is 0.00165. The number of rotatable bonds is 13. The molecule has 0 fully saturated rings. The summed E-state index contributed by atoms with van der Waals surface area (Å²) in [5, 5.41) is 16.9. The lowest BCUT2D eigenvalue weighted by Gasteiger charge is -2.10. The molecule has 228 valence electrons. The van der Waals surface area contributed by atoms with Crippen LogP contribution in [0, 0.1) is 32.1 Å². The van der Waals surface area contributed by atoms with Gasteiger partial charge in [-0.3, -0.25) is 29.3 Å². The summed E-state index contributed by atoms with van der Waals surface area (Å²) in [5.41, 5.74) is 7.36. The van der Waals surface area contributed by atoms with Crippen LogP contribution in [0.15, 0.2) is 47.8 Å². The molecule has 4 rings (SSSR count). The number of anilines is 2. The lowest BCUT2D eigenvalue weighted by molar-refractivity contribution is -0.106. The number of nitrogens with one attached hydrogen (secondary N) is 6. The van der Waals surface area contributed by atoms with E-state index in [1.807, 2.05) is 30.3 Å². The van der Waals surface area contributed by atoms with Crippen molar-refractivity contribution in [1.29, 1.82) is 5.26 Å². The maximum absolute atomic E-state index is 13.5. The van der Waals surface area contributed by atoms with E-state index in [-0.39, 0.29) is 36.0 Å². The summed E-state index contributed by atoms with van der Waals surface area (Å²) in [7, 11) is 0. The number of hydrogen-bond acceptors (Lipinski definition) is 6. The third kappa shape index (κ3) is 6.99. The Hall–Kier alpha value is -4.93. The Bertz CT molecular complexity index is 1730. The van der Waals surface area contributed by atoms with Crippen LogP contribution < -0.4 is 21.4 Å². The van der Waals surface area contributed by atoms with Crippen molar-refractivity contribution in [2.45, 2.75) is 32.1 Å². The van der Waals surface area contributed by atoms with Gasteiger partial charge in [0.1, 0.15) is 17.1 Å². The van der Waals surface area contributed by atoms with Gasteiger partial charge in [-0.1, -0.05) is 12.1 Å². The van der Waals surface area contributed by atoms with Crippen LogP contribution in [0.5, 0.6) is 0 Å². The number of aromatic amines is 2. The van der Waals surface area contributed by atoms with Crippen molar-refractivity contribution in [2.24, 2.45) is 0 Å². The largest absolute Gasteiger partial charge is 0.355 e. The second-order valence-corrected chi connectivity index (χ2v) is 11.2. The molecule has 3 aromatic heterocycles. The minimum atomic E-state index is -0.486. The maximum atomic E-state index is 13.5. The minimum absolute atomic E-state index is 0.184. The van der Waals surface area contributed by atoms with Crippen molar-refractivity contribution in [2.75, 3.05) is 34.2 Å². The van der Waals surface area contributed by atoms with E-state index in [0.717, 1.165) is 21.8 Å². The second-order valence-electron chi connectivity index (χ2n) is 9.67. The fraction of sp³-hybridized carbons (Fsp3) is 0.233. The van der Waals surface area contributed by atoms with Crippen LogP contribution in [-0.4, -0.2) is 57.0 Å². The van der Waals surface area contributed by atoms with Gasteiger partial charge < -0.3 is 25.9 Å². The third-order valence-corrected chi connectivity index (χ3v) is 8.36. The summed E-state index contributed by atoms with van der Waals surface area (Å²) in [6.45, 7) is 5.38. The number of amides is 4. The Morgan fingerprint density at radius 1 is 0.955 bits per heavy atom. The van der Waals surface area contributed by atoms with Gasteiger partial charge in [-0.2, -0.15) is 5.26 Å². The molecule has 12 nitrogen and oxygen atoms in total. The smallest absolute Gasteiger partial charge is 0.274 e. The van der Waals surface area contributed by atoms with Gasteiger partial charge in [-0.25, -0.2) is 0 Å². The minimum Gasteiger partial charge on any atom is -0.355 e. The highest BCUT2D eigenvalue weighted by Gasteiger charge is 2.23. The fourth-order valence-electron chi connectivity index (χ4n) is 4.62. The fourth-order valence-corrected chi connectivity index (χ4v) is 5.50. The Morgan fingerprint density at radius 2 is 1.57 bits per heavy atom. The topological polar surface area (TPSA) is 177 Å². The molecule has 0 unspecified atom stereocenters. The molecule has 0 atom stereocenters. The predicted molar refractivity (Wildman–Crippen MR) is 171 cm³/mol. The molecule has 44 heavy (non-hydrogen) atoms. The zero-order valence-electron chi connectivity index (χ0n) is 24.3. The average Bonchev–Trinajstić information content (AvgIpc) is 3.67. The lowest BCUT2D eigenvalue weighted by atomic mass is 10.0. The van der Waals surface area contributed by atoms with Gasteiger partial charge in [0.2, 0.25) is 6.41 Å². The van der Waals surface area contributed by atoms with Crippen LogP contribution in [0.2, 0.25) is 0 Å². The zero-order chi connectivity index (χ0) is 31.8. The highest BCUT2D eigenvalue weighted by Crippen LogP contribution is 2.30. The molecule has 0 saturated heterocycles. The van der Waals surface area contributed by atoms with Crippen LogP contribution in [0.3, 0.4) is 0 Å². The molecule has 4 amide bonds. The first-order valence-electron chi connectivity index (χ1n) is 13.5. The van der Waals surface area contributed by atoms with Crippen molar-refractivity contribution in [3.05, 3.63) is 76.6 Å². The van der Waals surface area contributed by atoms with E-state index in [4.69, 9.17) is 16.9 Å². The monoisotopic (exact) mass is 634 g/mol. The Labute approximate surface area is 262 Å². The summed E-state index contributed by atoms with van der Waals surface area (Å²) in [4.78, 5) is 57.2. The summed E-state index contributed by atoms with van der Waals surface area (Å²) in [6.07, 6.45) is 5.37. The number of nitriles is 1. The molecule has 0 bridgehead atoms. The quantitative estimate of drug-likeness (QED) is 0.0526. The number of halogens is 1. The molecular formula is C30H31ClN8O4S. The molecule has 3 heterocycles. The van der Waals surface area contributed by atoms with Crippen LogP contribution in [-0.2, 0) is 4.79 Å². The predicted octanol–water partition coefficient (Wildman–Crippen LogP) is 4.92. The Kier molecular flexibility index (Phi) is 10.5. The molecule has 1 aromatic carbocycles. The SMILES string of the molecule is Cc1c(NC(=O)c2[nH]cc(NC(=O)c3c(C)c(-c4ccc(SCCCl)cc4)cn3NC=O)c2C)c[nH]c1C(=O)NCCC#N. The summed E-state index contributed by atoms with van der Waals surface area (Å²) in [6, 6.07) is 9.81. The van der Waals surface area contributed by atoms with Gasteiger partial charge in [0.15, 0.2) is 0 Å². The van der Waals surface area contributed by atoms with E-state index < -0.39 is 11.8 Å². The standard InChI is InChI=1S/C30H31ClN8O4S/c1-17-22(20-5-7-21(8-6-20)44-12-9-31)15-39(36-16-40)27(17)30(43)38-24-14-35-26(19(24)3)29(42)37-23-13-34-25(18(23)2)28(41)33-11-4-10-32/h5-8,13-16,34-35H,4,9,11-12H2,1-3H3,(H,33,41)(H,36,40)(H,37,42)(H,38,43). The molecule has 0 saturated carbocycles. The number of benzene rings is 1. The highest BCUT2D eigenvalue weighted by molar-refractivity contribution is 7.99. The second kappa shape index (κ2) is 14.5. The van der Waals surface area contributed by atoms with E-state index >= 15 is 0 Å². The average molecular weight is 635 g/mol. The summed E-state index contributed by atoms with van der Waals surface area (Å²) >= 11 is 7.43. The van der Waals surface area contributed by atoms with E-state index in [1.165, 1.54) is 17.1 Å². The van der Waals surface area contributed by atoms with Crippen LogP contribution in [0.4, 0.5) is 11.4 Å². The molecule has 6 N–H and O–H groups in total. The van der Waals surface area contributed by atoms with E-state index in [2.05, 4.69) is 31.3 Å². The number of carbonyl (C=O) groups excluding carboxylic acids is 4. The first-order valence-corrected chi connectivity index (χ1v) is 15.1. The lowest BCUT2D eigenvalue weighted by Crippen LogP contribution is -2.25. The summed E-state index contributed by atoms with van der Waals surface area (Å²) < 4.78 is 1.36. The number of aromatic nitrogens is 3. The molecular weight excluding hydrogens is 604 g/mol. The molecule has 0 aliphatic heterocycles. The molecule has 4 aromatic rings. The highest BCUT2D eigenvalue weighted by atomic mass is 35.5. The van der Waals surface area contributed by atoms with Gasteiger partial charge in [-0.15, -0.1) is 23.4 Å². The Balaban J connectivity index is 1.50. The van der Waals surface area contributed by atoms with Gasteiger partial charge in [-0.05, 0) is 44.0 Å². The van der Waals surface area contributed by atoms with E-state index in [9.17, 15) is 19.2 Å². The van der Waals surface area contributed by atoms with E-state index in [0.29, 0.717) is 40.4 Å². The van der Waals surface area contributed by atoms with Crippen molar-refractivity contribution >= 4 is 58.9 Å². The maximum Gasteiger partial charge on any atom is 0.274 e. The van der Waals surface area contributed by atoms with Crippen molar-refractivity contribution in [3.8, 4) is 17.2 Å². The number of H-pyrrole nitrogens is 2. The van der Waals surface area contributed by atoms with Gasteiger partial charge in [0, 0.05) is 58.4 Å². The molecule has 0 spiro atoms. The number of hydrogen-bond donors (Lipinski definition) is 6. The first kappa shape index (κ1) is 32.0. The van der Waals surface area contributed by atoms with Crippen LogP contribution >= 0.6 is 23.4 Å². The zero-order valence-corrected chi connectivity index (χ0v) is 25.8. The van der Waals surface area contributed by atoms with Crippen molar-refractivity contribution in [1.82, 2.24) is 20.0 Å². The molecule has 0 aliphatic carbocycles. The number of thioether (sulfide) groups is 1. The van der Waals surface area contributed by atoms with Crippen LogP contribution in [0.1, 0.15) is 54.6 Å². The molecule has 0 radical (unpaired) electrons. The van der Waals surface area contributed by atoms with Gasteiger partial charge >= 0.3 is 0 Å². The number of alkyl halides is 1. The van der Waals surface area contributed by atoms with E-state index in [1.54, 1.807) is 38.7 Å². The third-order valence-electron chi connectivity index (χ3n) is 6.93. The van der Waals surface area contributed by atoms with Gasteiger partial charge in [0.25, 0.3) is 17.7 Å². The van der Waals surface area contributed by atoms with Crippen molar-refractivity contribution in [3.63, 3.8) is 0 Å². The Morgan fingerprint density at radius 3 is 2.16 bits per heavy atom.